The van der Waals surface area contributed by atoms with Gasteiger partial charge in [0.25, 0.3) is 5.91 Å². The minimum atomic E-state index is -0.991. The quantitative estimate of drug-likeness (QED) is 0.701. The number of aryl methyl sites for hydroxylation is 1. The molecule has 0 bridgehead atoms. The molecule has 1 aromatic heterocycles. The highest BCUT2D eigenvalue weighted by atomic mass is 16.5. The molecule has 29 heavy (non-hydrogen) atoms. The van der Waals surface area contributed by atoms with Crippen molar-refractivity contribution in [2.75, 3.05) is 13.6 Å². The summed E-state index contributed by atoms with van der Waals surface area (Å²) in [5, 5.41) is 11.1. The Morgan fingerprint density at radius 1 is 1.10 bits per heavy atom. The largest absolute Gasteiger partial charge is 0.489 e. The zero-order valence-electron chi connectivity index (χ0n) is 16.4. The van der Waals surface area contributed by atoms with Gasteiger partial charge in [-0.2, -0.15) is 0 Å². The summed E-state index contributed by atoms with van der Waals surface area (Å²) in [6.45, 7) is 0.714. The van der Waals surface area contributed by atoms with E-state index in [2.05, 4.69) is 4.98 Å². The molecular formula is C24H24N2O3. The van der Waals surface area contributed by atoms with Crippen LogP contribution in [0.4, 0.5) is 0 Å². The van der Waals surface area contributed by atoms with Crippen LogP contribution in [0.3, 0.4) is 0 Å². The van der Waals surface area contributed by atoms with E-state index in [4.69, 9.17) is 4.74 Å². The van der Waals surface area contributed by atoms with Gasteiger partial charge in [0.15, 0.2) is 0 Å². The van der Waals surface area contributed by atoms with Crippen molar-refractivity contribution in [3.8, 4) is 5.75 Å². The summed E-state index contributed by atoms with van der Waals surface area (Å²) in [7, 11) is 1.73. The number of nitrogens with zero attached hydrogens (tertiary/aromatic N) is 2. The summed E-state index contributed by atoms with van der Waals surface area (Å²) < 4.78 is 5.76. The van der Waals surface area contributed by atoms with Gasteiger partial charge in [0.2, 0.25) is 0 Å². The highest BCUT2D eigenvalue weighted by molar-refractivity contribution is 5.94. The number of hydrogen-bond acceptors (Lipinski definition) is 4. The second-order valence-electron chi connectivity index (χ2n) is 7.52. The van der Waals surface area contributed by atoms with Crippen molar-refractivity contribution in [2.24, 2.45) is 0 Å². The maximum absolute atomic E-state index is 12.8. The van der Waals surface area contributed by atoms with E-state index in [1.807, 2.05) is 36.4 Å². The number of benzene rings is 2. The number of hydrogen-bond donors (Lipinski definition) is 1. The van der Waals surface area contributed by atoms with E-state index in [1.165, 1.54) is 0 Å². The molecule has 1 unspecified atom stereocenters. The Hall–Kier alpha value is -3.18. The van der Waals surface area contributed by atoms with Crippen LogP contribution in [0.5, 0.6) is 5.75 Å². The van der Waals surface area contributed by atoms with Crippen LogP contribution in [0.25, 0.3) is 0 Å². The van der Waals surface area contributed by atoms with E-state index in [0.717, 1.165) is 23.1 Å². The summed E-state index contributed by atoms with van der Waals surface area (Å²) >= 11 is 0. The van der Waals surface area contributed by atoms with Crippen molar-refractivity contribution >= 4 is 5.91 Å². The Kier molecular flexibility index (Phi) is 5.32. The third kappa shape index (κ3) is 4.15. The van der Waals surface area contributed by atoms with Crippen molar-refractivity contribution in [2.45, 2.75) is 25.0 Å². The number of rotatable bonds is 6. The maximum Gasteiger partial charge on any atom is 0.253 e. The van der Waals surface area contributed by atoms with Crippen LogP contribution in [0.2, 0.25) is 0 Å². The Morgan fingerprint density at radius 3 is 2.59 bits per heavy atom. The summed E-state index contributed by atoms with van der Waals surface area (Å²) in [4.78, 5) is 18.4. The Balaban J connectivity index is 1.39. The van der Waals surface area contributed by atoms with Gasteiger partial charge in [0.05, 0.1) is 6.54 Å². The average Bonchev–Trinajstić information content (AvgIpc) is 3.09. The number of fused-ring (bicyclic) bond motifs is 1. The third-order valence-electron chi connectivity index (χ3n) is 5.43. The molecule has 2 aromatic carbocycles. The van der Waals surface area contributed by atoms with Gasteiger partial charge < -0.3 is 14.7 Å². The van der Waals surface area contributed by atoms with Crippen LogP contribution >= 0.6 is 0 Å². The number of aromatic nitrogens is 1. The molecule has 0 saturated heterocycles. The van der Waals surface area contributed by atoms with Gasteiger partial charge >= 0.3 is 0 Å². The van der Waals surface area contributed by atoms with Gasteiger partial charge in [-0.15, -0.1) is 0 Å². The van der Waals surface area contributed by atoms with Crippen molar-refractivity contribution in [3.63, 3.8) is 0 Å². The number of pyridine rings is 1. The fourth-order valence-corrected chi connectivity index (χ4v) is 3.86. The number of amides is 1. The number of aliphatic hydroxyl groups is 1. The van der Waals surface area contributed by atoms with Gasteiger partial charge in [0, 0.05) is 25.0 Å². The number of likely N-dealkylation sites (N-methyl/N-ethyl adjacent to an activating group) is 1. The van der Waals surface area contributed by atoms with E-state index >= 15 is 0 Å². The summed E-state index contributed by atoms with van der Waals surface area (Å²) in [6.07, 6.45) is 4.92. The van der Waals surface area contributed by atoms with Gasteiger partial charge in [0.1, 0.15) is 18.0 Å². The van der Waals surface area contributed by atoms with Crippen LogP contribution in [0, 0.1) is 0 Å². The molecule has 5 nitrogen and oxygen atoms in total. The Bertz CT molecular complexity index is 989. The first kappa shape index (κ1) is 19.2. The van der Waals surface area contributed by atoms with Crippen molar-refractivity contribution < 1.29 is 14.6 Å². The predicted octanol–water partition coefficient (Wildman–Crippen LogP) is 3.57. The normalized spacial score (nSPS) is 17.6. The molecule has 1 atom stereocenters. The van der Waals surface area contributed by atoms with E-state index in [9.17, 15) is 9.90 Å². The summed E-state index contributed by atoms with van der Waals surface area (Å²) in [5.41, 5.74) is 2.70. The lowest BCUT2D eigenvalue weighted by molar-refractivity contribution is 0.00806. The van der Waals surface area contributed by atoms with Gasteiger partial charge in [-0.25, -0.2) is 0 Å². The lowest BCUT2D eigenvalue weighted by atomic mass is 9.95. The molecule has 148 valence electrons. The smallest absolute Gasteiger partial charge is 0.253 e. The summed E-state index contributed by atoms with van der Waals surface area (Å²) in [5.74, 6) is 0.577. The van der Waals surface area contributed by atoms with Crippen LogP contribution in [0.1, 0.15) is 33.5 Å². The van der Waals surface area contributed by atoms with E-state index in [0.29, 0.717) is 24.3 Å². The standard InChI is InChI=1S/C24H24N2O3/c1-26(17-24(28)13-10-19-4-2-3-5-22(19)24)23(27)20-6-8-21(9-7-20)29-16-18-11-14-25-15-12-18/h2-9,11-12,14-15,28H,10,13,16-17H2,1H3. The fourth-order valence-electron chi connectivity index (χ4n) is 3.86. The molecule has 0 fully saturated rings. The second kappa shape index (κ2) is 8.05. The van der Waals surface area contributed by atoms with Crippen LogP contribution in [-0.2, 0) is 18.6 Å². The van der Waals surface area contributed by atoms with Gasteiger partial charge in [-0.05, 0) is 65.9 Å². The molecule has 0 spiro atoms. The fraction of sp³-hybridized carbons (Fsp3) is 0.250. The SMILES string of the molecule is CN(CC1(O)CCc2ccccc21)C(=O)c1ccc(OCc2ccncc2)cc1. The average molecular weight is 388 g/mol. The summed E-state index contributed by atoms with van der Waals surface area (Å²) in [6, 6.07) is 18.8. The molecule has 1 aliphatic carbocycles. The molecule has 3 aromatic rings. The van der Waals surface area contributed by atoms with Crippen LogP contribution in [0.15, 0.2) is 73.1 Å². The number of carbonyl (C=O) groups excluding carboxylic acids is 1. The lowest BCUT2D eigenvalue weighted by Crippen LogP contribution is -2.40. The van der Waals surface area contributed by atoms with Crippen LogP contribution < -0.4 is 4.74 Å². The zero-order chi connectivity index (χ0) is 20.3. The lowest BCUT2D eigenvalue weighted by Gasteiger charge is -2.30. The minimum absolute atomic E-state index is 0.122. The zero-order valence-corrected chi connectivity index (χ0v) is 16.4. The van der Waals surface area contributed by atoms with Crippen LogP contribution in [-0.4, -0.2) is 34.5 Å². The van der Waals surface area contributed by atoms with Crippen molar-refractivity contribution in [1.82, 2.24) is 9.88 Å². The first-order valence-electron chi connectivity index (χ1n) is 9.73. The molecule has 0 aliphatic heterocycles. The van der Waals surface area contributed by atoms with E-state index in [1.54, 1.807) is 48.6 Å². The molecule has 4 rings (SSSR count). The minimum Gasteiger partial charge on any atom is -0.489 e. The first-order valence-corrected chi connectivity index (χ1v) is 9.73. The third-order valence-corrected chi connectivity index (χ3v) is 5.43. The molecule has 1 aliphatic rings. The monoisotopic (exact) mass is 388 g/mol. The highest BCUT2D eigenvalue weighted by Crippen LogP contribution is 2.37. The van der Waals surface area contributed by atoms with Crippen molar-refractivity contribution in [1.29, 1.82) is 0 Å². The Labute approximate surface area is 170 Å². The first-order chi connectivity index (χ1) is 14.0. The number of carbonyl (C=O) groups is 1. The topological polar surface area (TPSA) is 62.7 Å². The number of ether oxygens (including phenoxy) is 1. The molecule has 5 heteroatoms. The predicted molar refractivity (Wildman–Crippen MR) is 111 cm³/mol. The van der Waals surface area contributed by atoms with E-state index in [-0.39, 0.29) is 12.5 Å². The van der Waals surface area contributed by atoms with Crippen molar-refractivity contribution in [3.05, 3.63) is 95.3 Å². The van der Waals surface area contributed by atoms with Gasteiger partial charge in [-0.3, -0.25) is 9.78 Å². The maximum atomic E-state index is 12.8. The second-order valence-corrected chi connectivity index (χ2v) is 7.52. The molecule has 0 radical (unpaired) electrons. The van der Waals surface area contributed by atoms with Gasteiger partial charge in [-0.1, -0.05) is 24.3 Å². The Morgan fingerprint density at radius 2 is 1.83 bits per heavy atom. The molecule has 0 saturated carbocycles. The molecule has 1 amide bonds. The molecular weight excluding hydrogens is 364 g/mol. The molecule has 1 N–H and O–H groups in total. The molecule has 1 heterocycles. The van der Waals surface area contributed by atoms with E-state index < -0.39 is 5.60 Å². The highest BCUT2D eigenvalue weighted by Gasteiger charge is 2.38.